The van der Waals surface area contributed by atoms with Crippen LogP contribution in [-0.2, 0) is 4.79 Å². The summed E-state index contributed by atoms with van der Waals surface area (Å²) in [6, 6.07) is 2.18. The van der Waals surface area contributed by atoms with Crippen molar-refractivity contribution in [1.82, 2.24) is 4.90 Å². The zero-order valence-corrected chi connectivity index (χ0v) is 10.1. The number of hydrogen-bond acceptors (Lipinski definition) is 2. The highest BCUT2D eigenvalue weighted by molar-refractivity contribution is 5.79. The summed E-state index contributed by atoms with van der Waals surface area (Å²) in [7, 11) is 0. The van der Waals surface area contributed by atoms with Gasteiger partial charge in [0.25, 0.3) is 0 Å². The average molecular weight is 208 g/mol. The summed E-state index contributed by atoms with van der Waals surface area (Å²) < 4.78 is 0. The van der Waals surface area contributed by atoms with E-state index in [2.05, 4.69) is 33.8 Å². The first-order chi connectivity index (χ1) is 6.86. The molecular weight excluding hydrogens is 188 g/mol. The van der Waals surface area contributed by atoms with Crippen molar-refractivity contribution < 1.29 is 4.79 Å². The van der Waals surface area contributed by atoms with Gasteiger partial charge in [-0.15, -0.1) is 0 Å². The van der Waals surface area contributed by atoms with Crippen LogP contribution in [0.25, 0.3) is 0 Å². The minimum atomic E-state index is -0.0968. The molecule has 0 aromatic heterocycles. The smallest absolute Gasteiger partial charge is 0.224 e. The van der Waals surface area contributed by atoms with Crippen molar-refractivity contribution in [1.29, 1.82) is 5.26 Å². The Kier molecular flexibility index (Phi) is 3.38. The van der Waals surface area contributed by atoms with E-state index in [0.29, 0.717) is 18.9 Å². The molecule has 1 fully saturated rings. The van der Waals surface area contributed by atoms with E-state index in [1.54, 1.807) is 0 Å². The highest BCUT2D eigenvalue weighted by Gasteiger charge is 2.34. The van der Waals surface area contributed by atoms with E-state index in [-0.39, 0.29) is 17.2 Å². The molecule has 1 saturated heterocycles. The Morgan fingerprint density at radius 2 is 2.20 bits per heavy atom. The van der Waals surface area contributed by atoms with Crippen LogP contribution in [0.4, 0.5) is 0 Å². The van der Waals surface area contributed by atoms with Crippen LogP contribution < -0.4 is 0 Å². The maximum atomic E-state index is 11.6. The molecule has 0 N–H and O–H groups in total. The number of rotatable bonds is 3. The maximum absolute atomic E-state index is 11.6. The van der Waals surface area contributed by atoms with Crippen LogP contribution in [0.5, 0.6) is 0 Å². The second-order valence-electron chi connectivity index (χ2n) is 5.45. The topological polar surface area (TPSA) is 44.1 Å². The number of nitriles is 1. The minimum Gasteiger partial charge on any atom is -0.341 e. The van der Waals surface area contributed by atoms with Crippen LogP contribution in [0.3, 0.4) is 0 Å². The van der Waals surface area contributed by atoms with E-state index in [9.17, 15) is 4.79 Å². The molecule has 3 heteroatoms. The second kappa shape index (κ2) is 4.22. The van der Waals surface area contributed by atoms with Gasteiger partial charge < -0.3 is 4.90 Å². The highest BCUT2D eigenvalue weighted by atomic mass is 16.2. The monoisotopic (exact) mass is 208 g/mol. The lowest BCUT2D eigenvalue weighted by atomic mass is 9.81. The van der Waals surface area contributed by atoms with Gasteiger partial charge in [-0.2, -0.15) is 5.26 Å². The second-order valence-corrected chi connectivity index (χ2v) is 5.45. The number of nitrogens with zero attached hydrogens (tertiary/aromatic N) is 2. The van der Waals surface area contributed by atoms with E-state index >= 15 is 0 Å². The molecule has 1 rings (SSSR count). The number of carbonyl (C=O) groups is 1. The van der Waals surface area contributed by atoms with Gasteiger partial charge >= 0.3 is 0 Å². The Balaban J connectivity index is 2.61. The first-order valence-corrected chi connectivity index (χ1v) is 5.54. The first-order valence-electron chi connectivity index (χ1n) is 5.54. The Hall–Kier alpha value is -1.04. The maximum Gasteiger partial charge on any atom is 0.224 e. The Morgan fingerprint density at radius 3 is 2.60 bits per heavy atom. The van der Waals surface area contributed by atoms with Crippen molar-refractivity contribution >= 4 is 5.91 Å². The molecule has 0 aromatic carbocycles. The van der Waals surface area contributed by atoms with E-state index in [4.69, 9.17) is 5.26 Å². The molecule has 3 nitrogen and oxygen atoms in total. The normalized spacial score (nSPS) is 22.3. The van der Waals surface area contributed by atoms with Gasteiger partial charge in [0.1, 0.15) is 0 Å². The molecule has 1 atom stereocenters. The largest absolute Gasteiger partial charge is 0.341 e. The van der Waals surface area contributed by atoms with Crippen molar-refractivity contribution in [2.75, 3.05) is 13.1 Å². The Bertz CT molecular complexity index is 288. The third kappa shape index (κ3) is 2.71. The van der Waals surface area contributed by atoms with Crippen LogP contribution in [-0.4, -0.2) is 23.9 Å². The molecule has 0 aliphatic carbocycles. The van der Waals surface area contributed by atoms with Crippen molar-refractivity contribution in [3.05, 3.63) is 0 Å². The molecule has 1 aliphatic heterocycles. The molecule has 84 valence electrons. The lowest BCUT2D eigenvalue weighted by molar-refractivity contribution is -0.129. The highest BCUT2D eigenvalue weighted by Crippen LogP contribution is 2.29. The minimum absolute atomic E-state index is 0.0968. The standard InChI is InChI=1S/C12H20N2O/c1-9(2)12(3,4)8-14-7-10(6-13)5-11(14)15/h9-10H,5,7-8H2,1-4H3. The average Bonchev–Trinajstić information content (AvgIpc) is 2.46. The third-order valence-corrected chi connectivity index (χ3v) is 3.56. The molecule has 1 aliphatic rings. The Morgan fingerprint density at radius 1 is 1.60 bits per heavy atom. The summed E-state index contributed by atoms with van der Waals surface area (Å²) >= 11 is 0. The molecule has 1 amide bonds. The summed E-state index contributed by atoms with van der Waals surface area (Å²) in [4.78, 5) is 13.5. The van der Waals surface area contributed by atoms with Gasteiger partial charge in [-0.25, -0.2) is 0 Å². The fourth-order valence-corrected chi connectivity index (χ4v) is 1.69. The predicted molar refractivity (Wildman–Crippen MR) is 58.9 cm³/mol. The summed E-state index contributed by atoms with van der Waals surface area (Å²) in [5, 5.41) is 8.78. The molecule has 0 radical (unpaired) electrons. The van der Waals surface area contributed by atoms with Gasteiger partial charge in [0.15, 0.2) is 0 Å². The van der Waals surface area contributed by atoms with Gasteiger partial charge in [0.05, 0.1) is 12.0 Å². The van der Waals surface area contributed by atoms with Gasteiger partial charge in [-0.3, -0.25) is 4.79 Å². The lowest BCUT2D eigenvalue weighted by Gasteiger charge is -2.33. The fraction of sp³-hybridized carbons (Fsp3) is 0.833. The van der Waals surface area contributed by atoms with E-state index < -0.39 is 0 Å². The zero-order chi connectivity index (χ0) is 11.6. The van der Waals surface area contributed by atoms with Crippen molar-refractivity contribution in [2.45, 2.75) is 34.1 Å². The molecule has 0 spiro atoms. The molecular formula is C12H20N2O. The van der Waals surface area contributed by atoms with E-state index in [0.717, 1.165) is 6.54 Å². The van der Waals surface area contributed by atoms with Crippen molar-refractivity contribution in [3.8, 4) is 6.07 Å². The molecule has 1 unspecified atom stereocenters. The van der Waals surface area contributed by atoms with E-state index in [1.165, 1.54) is 0 Å². The van der Waals surface area contributed by atoms with E-state index in [1.807, 2.05) is 4.90 Å². The van der Waals surface area contributed by atoms with Crippen LogP contribution in [0.1, 0.15) is 34.1 Å². The number of carbonyl (C=O) groups excluding carboxylic acids is 1. The fourth-order valence-electron chi connectivity index (χ4n) is 1.69. The van der Waals surface area contributed by atoms with Crippen LogP contribution in [0.2, 0.25) is 0 Å². The quantitative estimate of drug-likeness (QED) is 0.712. The third-order valence-electron chi connectivity index (χ3n) is 3.56. The molecule has 0 aromatic rings. The Labute approximate surface area is 92.1 Å². The van der Waals surface area contributed by atoms with Crippen LogP contribution >= 0.6 is 0 Å². The molecule has 1 heterocycles. The number of likely N-dealkylation sites (tertiary alicyclic amines) is 1. The van der Waals surface area contributed by atoms with Crippen molar-refractivity contribution in [2.24, 2.45) is 17.3 Å². The van der Waals surface area contributed by atoms with Gasteiger partial charge in [-0.1, -0.05) is 27.7 Å². The summed E-state index contributed by atoms with van der Waals surface area (Å²) in [5.74, 6) is 0.571. The first kappa shape index (κ1) is 12.0. The summed E-state index contributed by atoms with van der Waals surface area (Å²) in [6.45, 7) is 10.1. The molecule has 0 bridgehead atoms. The predicted octanol–water partition coefficient (Wildman–Crippen LogP) is 2.04. The van der Waals surface area contributed by atoms with Gasteiger partial charge in [0.2, 0.25) is 5.91 Å². The van der Waals surface area contributed by atoms with Gasteiger partial charge in [0, 0.05) is 19.5 Å². The zero-order valence-electron chi connectivity index (χ0n) is 10.1. The van der Waals surface area contributed by atoms with Crippen LogP contribution in [0.15, 0.2) is 0 Å². The summed E-state index contributed by atoms with van der Waals surface area (Å²) in [5.41, 5.74) is 0.125. The van der Waals surface area contributed by atoms with Crippen molar-refractivity contribution in [3.63, 3.8) is 0 Å². The SMILES string of the molecule is CC(C)C(C)(C)CN1CC(C#N)CC1=O. The molecule has 0 saturated carbocycles. The summed E-state index contributed by atoms with van der Waals surface area (Å²) in [6.07, 6.45) is 0.407. The number of amides is 1. The lowest BCUT2D eigenvalue weighted by Crippen LogP contribution is -2.38. The van der Waals surface area contributed by atoms with Gasteiger partial charge in [-0.05, 0) is 11.3 Å². The van der Waals surface area contributed by atoms with Crippen LogP contribution in [0, 0.1) is 28.6 Å². The molecule has 15 heavy (non-hydrogen) atoms. The number of hydrogen-bond donors (Lipinski definition) is 0.